The van der Waals surface area contributed by atoms with Crippen LogP contribution in [0.1, 0.15) is 24.2 Å². The third kappa shape index (κ3) is 2.89. The highest BCUT2D eigenvalue weighted by Crippen LogP contribution is 2.18. The van der Waals surface area contributed by atoms with Gasteiger partial charge in [-0.25, -0.2) is 0 Å². The predicted molar refractivity (Wildman–Crippen MR) is 79.4 cm³/mol. The average Bonchev–Trinajstić information content (AvgIpc) is 2.38. The highest BCUT2D eigenvalue weighted by atomic mass is 79.9. The number of benzene rings is 1. The normalized spacial score (nSPS) is 11.1. The van der Waals surface area contributed by atoms with Crippen LogP contribution in [0.3, 0.4) is 0 Å². The molecule has 0 unspecified atom stereocenters. The summed E-state index contributed by atoms with van der Waals surface area (Å²) in [4.78, 5) is 26.6. The summed E-state index contributed by atoms with van der Waals surface area (Å²) >= 11 is 3.34. The number of hydrogen-bond acceptors (Lipinski definition) is 3. The summed E-state index contributed by atoms with van der Waals surface area (Å²) in [7, 11) is 0. The molecule has 2 N–H and O–H groups in total. The van der Waals surface area contributed by atoms with Gasteiger partial charge in [-0.1, -0.05) is 15.9 Å². The lowest BCUT2D eigenvalue weighted by Crippen LogP contribution is -2.43. The average molecular weight is 334 g/mol. The molecule has 0 fully saturated rings. The number of rotatable bonds is 2. The molecule has 102 valence electrons. The molecule has 20 heavy (non-hydrogen) atoms. The molecule has 1 aromatic carbocycles. The van der Waals surface area contributed by atoms with Crippen molar-refractivity contribution < 1.29 is 4.79 Å². The van der Waals surface area contributed by atoms with Crippen molar-refractivity contribution in [2.75, 3.05) is 0 Å². The van der Waals surface area contributed by atoms with Gasteiger partial charge in [0.05, 0.1) is 6.07 Å². The van der Waals surface area contributed by atoms with Gasteiger partial charge in [-0.3, -0.25) is 9.59 Å². The zero-order chi connectivity index (χ0) is 14.9. The van der Waals surface area contributed by atoms with Crippen LogP contribution in [0.5, 0.6) is 0 Å². The Morgan fingerprint density at radius 1 is 1.40 bits per heavy atom. The topological polar surface area (TPSA) is 85.8 Å². The minimum Gasteiger partial charge on any atom is -0.334 e. The number of aromatic nitrogens is 1. The van der Waals surface area contributed by atoms with Crippen LogP contribution in [-0.4, -0.2) is 16.4 Å². The van der Waals surface area contributed by atoms with E-state index in [1.165, 1.54) is 6.07 Å². The number of halogens is 1. The number of nitriles is 1. The molecule has 0 radical (unpaired) electrons. The fraction of sp³-hybridized carbons (Fsp3) is 0.214. The van der Waals surface area contributed by atoms with Crippen molar-refractivity contribution in [1.29, 1.82) is 5.26 Å². The third-order valence-electron chi connectivity index (χ3n) is 2.76. The van der Waals surface area contributed by atoms with Crippen LogP contribution in [0.25, 0.3) is 10.9 Å². The fourth-order valence-electron chi connectivity index (χ4n) is 1.73. The first-order chi connectivity index (χ1) is 9.32. The van der Waals surface area contributed by atoms with Crippen molar-refractivity contribution in [1.82, 2.24) is 10.3 Å². The quantitative estimate of drug-likeness (QED) is 0.884. The Kier molecular flexibility index (Phi) is 3.64. The molecule has 0 aliphatic rings. The number of amides is 1. The van der Waals surface area contributed by atoms with Crippen molar-refractivity contribution in [3.63, 3.8) is 0 Å². The number of H-pyrrole nitrogens is 1. The maximum atomic E-state index is 12.1. The predicted octanol–water partition coefficient (Wildman–Crippen LogP) is 2.32. The zero-order valence-corrected chi connectivity index (χ0v) is 12.5. The summed E-state index contributed by atoms with van der Waals surface area (Å²) < 4.78 is 0.848. The van der Waals surface area contributed by atoms with Gasteiger partial charge in [0.25, 0.3) is 11.5 Å². The molecule has 1 heterocycles. The molecule has 0 bridgehead atoms. The molecule has 0 atom stereocenters. The molecule has 0 saturated carbocycles. The fourth-order valence-corrected chi connectivity index (χ4v) is 2.10. The molecular weight excluding hydrogens is 322 g/mol. The van der Waals surface area contributed by atoms with Crippen LogP contribution < -0.4 is 10.9 Å². The molecule has 5 nitrogen and oxygen atoms in total. The van der Waals surface area contributed by atoms with E-state index in [2.05, 4.69) is 26.2 Å². The summed E-state index contributed by atoms with van der Waals surface area (Å²) in [6, 6.07) is 8.83. The first kappa shape index (κ1) is 14.3. The van der Waals surface area contributed by atoms with Crippen LogP contribution in [0.2, 0.25) is 0 Å². The van der Waals surface area contributed by atoms with Crippen LogP contribution >= 0.6 is 15.9 Å². The van der Waals surface area contributed by atoms with Gasteiger partial charge >= 0.3 is 0 Å². The maximum absolute atomic E-state index is 12.1. The Hall–Kier alpha value is -2.13. The Labute approximate surface area is 123 Å². The SMILES string of the molecule is CC(C)(C#N)NC(=O)c1cc2cc(Br)ccc2[nH]c1=O. The summed E-state index contributed by atoms with van der Waals surface area (Å²) in [6.07, 6.45) is 0. The monoisotopic (exact) mass is 333 g/mol. The van der Waals surface area contributed by atoms with Crippen molar-refractivity contribution in [3.8, 4) is 6.07 Å². The highest BCUT2D eigenvalue weighted by Gasteiger charge is 2.22. The lowest BCUT2D eigenvalue weighted by Gasteiger charge is -2.17. The van der Waals surface area contributed by atoms with E-state index in [1.54, 1.807) is 32.0 Å². The molecule has 0 aliphatic heterocycles. The van der Waals surface area contributed by atoms with E-state index in [-0.39, 0.29) is 5.56 Å². The van der Waals surface area contributed by atoms with E-state index in [1.807, 2.05) is 6.07 Å². The third-order valence-corrected chi connectivity index (χ3v) is 3.25. The van der Waals surface area contributed by atoms with E-state index in [4.69, 9.17) is 5.26 Å². The standard InChI is InChI=1S/C14H12BrN3O2/c1-14(2,7-16)18-13(20)10-6-8-5-9(15)3-4-11(8)17-12(10)19/h3-6H,1-2H3,(H,17,19)(H,18,20). The molecule has 2 rings (SSSR count). The number of pyridine rings is 1. The van der Waals surface area contributed by atoms with Gasteiger partial charge in [0, 0.05) is 15.4 Å². The second kappa shape index (κ2) is 5.10. The molecule has 0 saturated heterocycles. The summed E-state index contributed by atoms with van der Waals surface area (Å²) in [5.41, 5.74) is -0.880. The highest BCUT2D eigenvalue weighted by molar-refractivity contribution is 9.10. The van der Waals surface area contributed by atoms with E-state index in [0.717, 1.165) is 9.86 Å². The molecular formula is C14H12BrN3O2. The minimum atomic E-state index is -1.03. The number of nitrogens with one attached hydrogen (secondary N) is 2. The summed E-state index contributed by atoms with van der Waals surface area (Å²) in [6.45, 7) is 3.13. The second-order valence-electron chi connectivity index (χ2n) is 4.93. The van der Waals surface area contributed by atoms with Gasteiger partial charge in [-0.2, -0.15) is 5.26 Å². The van der Waals surface area contributed by atoms with E-state index in [0.29, 0.717) is 5.52 Å². The zero-order valence-electron chi connectivity index (χ0n) is 11.0. The minimum absolute atomic E-state index is 0.0149. The number of carbonyl (C=O) groups is 1. The first-order valence-electron chi connectivity index (χ1n) is 5.89. The van der Waals surface area contributed by atoms with Gasteiger partial charge in [-0.05, 0) is 38.1 Å². The molecule has 0 spiro atoms. The van der Waals surface area contributed by atoms with Gasteiger partial charge in [0.2, 0.25) is 0 Å². The smallest absolute Gasteiger partial charge is 0.261 e. The summed E-state index contributed by atoms with van der Waals surface area (Å²) in [5.74, 6) is -0.570. The molecule has 1 aromatic heterocycles. The van der Waals surface area contributed by atoms with Crippen LogP contribution in [0, 0.1) is 11.3 Å². The molecule has 1 amide bonds. The number of fused-ring (bicyclic) bond motifs is 1. The van der Waals surface area contributed by atoms with Gasteiger partial charge in [-0.15, -0.1) is 0 Å². The van der Waals surface area contributed by atoms with Crippen molar-refractivity contribution in [2.45, 2.75) is 19.4 Å². The Bertz CT molecular complexity index is 787. The van der Waals surface area contributed by atoms with E-state index in [9.17, 15) is 9.59 Å². The van der Waals surface area contributed by atoms with Crippen molar-refractivity contribution >= 4 is 32.7 Å². The lowest BCUT2D eigenvalue weighted by atomic mass is 10.1. The van der Waals surface area contributed by atoms with Crippen molar-refractivity contribution in [3.05, 3.63) is 44.7 Å². The number of nitrogens with zero attached hydrogens (tertiary/aromatic N) is 1. The van der Waals surface area contributed by atoms with Gasteiger partial charge in [0.1, 0.15) is 11.1 Å². The largest absolute Gasteiger partial charge is 0.334 e. The number of carbonyl (C=O) groups excluding carboxylic acids is 1. The number of hydrogen-bond donors (Lipinski definition) is 2. The molecule has 2 aromatic rings. The van der Waals surface area contributed by atoms with Crippen molar-refractivity contribution in [2.24, 2.45) is 0 Å². The Morgan fingerprint density at radius 2 is 2.10 bits per heavy atom. The summed E-state index contributed by atoms with van der Waals surface area (Å²) in [5, 5.41) is 12.2. The van der Waals surface area contributed by atoms with E-state index >= 15 is 0 Å². The maximum Gasteiger partial charge on any atom is 0.261 e. The molecule has 0 aliphatic carbocycles. The first-order valence-corrected chi connectivity index (χ1v) is 6.68. The van der Waals surface area contributed by atoms with Crippen LogP contribution in [-0.2, 0) is 0 Å². The lowest BCUT2D eigenvalue weighted by molar-refractivity contribution is 0.0928. The number of aromatic amines is 1. The van der Waals surface area contributed by atoms with Crippen LogP contribution in [0.4, 0.5) is 0 Å². The Balaban J connectivity index is 2.50. The van der Waals surface area contributed by atoms with Crippen LogP contribution in [0.15, 0.2) is 33.5 Å². The second-order valence-corrected chi connectivity index (χ2v) is 5.85. The van der Waals surface area contributed by atoms with Gasteiger partial charge < -0.3 is 10.3 Å². The van der Waals surface area contributed by atoms with Gasteiger partial charge in [0.15, 0.2) is 0 Å². The molecule has 6 heteroatoms. The Morgan fingerprint density at radius 3 is 2.75 bits per heavy atom. The van der Waals surface area contributed by atoms with E-state index < -0.39 is 17.0 Å².